The van der Waals surface area contributed by atoms with E-state index in [9.17, 15) is 0 Å². The van der Waals surface area contributed by atoms with Crippen LogP contribution in [0.2, 0.25) is 0 Å². The lowest BCUT2D eigenvalue weighted by molar-refractivity contribution is 0.611. The van der Waals surface area contributed by atoms with Crippen molar-refractivity contribution >= 4 is 41.8 Å². The SMILES string of the molecule is [Br][Mg][Br].[CH2]CCCCCCCC. The minimum atomic E-state index is 0.0417. The smallest absolute Gasteiger partial charge is 0.280 e. The molecule has 0 bridgehead atoms. The van der Waals surface area contributed by atoms with Gasteiger partial charge in [0.25, 0.3) is 0 Å². The maximum atomic E-state index is 3.80. The topological polar surface area (TPSA) is 0 Å². The molecule has 0 unspecified atom stereocenters. The van der Waals surface area contributed by atoms with Gasteiger partial charge in [0, 0.05) is 0 Å². The van der Waals surface area contributed by atoms with Crippen LogP contribution in [0.25, 0.3) is 0 Å². The third-order valence-corrected chi connectivity index (χ3v) is 1.60. The molecule has 0 N–H and O–H groups in total. The van der Waals surface area contributed by atoms with Gasteiger partial charge in [0.05, 0.1) is 0 Å². The molecule has 0 heterocycles. The van der Waals surface area contributed by atoms with Crippen molar-refractivity contribution in [2.75, 3.05) is 0 Å². The zero-order valence-electron chi connectivity index (χ0n) is 8.12. The molecule has 0 aromatic rings. The average molecular weight is 311 g/mol. The van der Waals surface area contributed by atoms with Gasteiger partial charge in [0.2, 0.25) is 0 Å². The molecule has 0 nitrogen and oxygen atoms in total. The van der Waals surface area contributed by atoms with Crippen LogP contribution < -0.4 is 0 Å². The fraction of sp³-hybridized carbons (Fsp3) is 0.889. The third-order valence-electron chi connectivity index (χ3n) is 1.60. The maximum Gasteiger partial charge on any atom is 0.560 e. The normalized spacial score (nSPS) is 8.33. The highest BCUT2D eigenvalue weighted by Crippen LogP contribution is 2.05. The predicted octanol–water partition coefficient (Wildman–Crippen LogP) is 4.88. The summed E-state index contributed by atoms with van der Waals surface area (Å²) >= 11 is 6.44. The van der Waals surface area contributed by atoms with Crippen molar-refractivity contribution in [2.24, 2.45) is 0 Å². The lowest BCUT2D eigenvalue weighted by Gasteiger charge is -1.95. The van der Waals surface area contributed by atoms with Gasteiger partial charge in [0.15, 0.2) is 0 Å². The minimum absolute atomic E-state index is 0.0417. The van der Waals surface area contributed by atoms with Gasteiger partial charge in [-0.2, -0.15) is 0 Å². The molecule has 0 rings (SSSR count). The summed E-state index contributed by atoms with van der Waals surface area (Å²) in [4.78, 5) is 0. The fourth-order valence-corrected chi connectivity index (χ4v) is 0.957. The Morgan fingerprint density at radius 1 is 1.00 bits per heavy atom. The lowest BCUT2D eigenvalue weighted by atomic mass is 10.1. The van der Waals surface area contributed by atoms with Gasteiger partial charge in [0.1, 0.15) is 0 Å². The molecule has 71 valence electrons. The summed E-state index contributed by atoms with van der Waals surface area (Å²) in [5, 5.41) is 0. The van der Waals surface area contributed by atoms with Gasteiger partial charge in [-0.15, -0.1) is 0 Å². The van der Waals surface area contributed by atoms with Crippen LogP contribution in [0, 0.1) is 6.92 Å². The fourth-order valence-electron chi connectivity index (χ4n) is 0.957. The van der Waals surface area contributed by atoms with E-state index in [1.807, 2.05) is 0 Å². The van der Waals surface area contributed by atoms with Gasteiger partial charge in [-0.25, -0.2) is 0 Å². The number of rotatable bonds is 6. The van der Waals surface area contributed by atoms with Crippen molar-refractivity contribution in [3.05, 3.63) is 6.92 Å². The number of unbranched alkanes of at least 4 members (excludes halogenated alkanes) is 6. The van der Waals surface area contributed by atoms with Crippen molar-refractivity contribution in [2.45, 2.75) is 51.9 Å². The van der Waals surface area contributed by atoms with Gasteiger partial charge >= 0.3 is 16.0 Å². The second-order valence-electron chi connectivity index (χ2n) is 2.72. The Morgan fingerprint density at radius 3 is 1.83 bits per heavy atom. The molecule has 0 aliphatic rings. The minimum Gasteiger partial charge on any atom is -0.280 e. The molecule has 3 heteroatoms. The van der Waals surface area contributed by atoms with E-state index in [2.05, 4.69) is 39.6 Å². The van der Waals surface area contributed by atoms with Crippen LogP contribution in [0.5, 0.6) is 0 Å². The first-order chi connectivity index (χ1) is 5.83. The van der Waals surface area contributed by atoms with Crippen LogP contribution in [-0.4, -0.2) is 16.0 Å². The van der Waals surface area contributed by atoms with Crippen LogP contribution >= 0.6 is 25.8 Å². The summed E-state index contributed by atoms with van der Waals surface area (Å²) in [5.41, 5.74) is 0. The van der Waals surface area contributed by atoms with Crippen molar-refractivity contribution in [3.63, 3.8) is 0 Å². The molecule has 0 aromatic carbocycles. The highest BCUT2D eigenvalue weighted by molar-refractivity contribution is 9.47. The summed E-state index contributed by atoms with van der Waals surface area (Å²) in [6, 6.07) is 0. The molecule has 0 saturated heterocycles. The summed E-state index contributed by atoms with van der Waals surface area (Å²) < 4.78 is 0. The van der Waals surface area contributed by atoms with Gasteiger partial charge in [-0.1, -0.05) is 58.8 Å². The Bertz CT molecular complexity index is 54.5. The number of hydrogen-bond acceptors (Lipinski definition) is 0. The molecule has 0 spiro atoms. The van der Waals surface area contributed by atoms with E-state index in [0.29, 0.717) is 0 Å². The quantitative estimate of drug-likeness (QED) is 0.484. The van der Waals surface area contributed by atoms with E-state index in [4.69, 9.17) is 0 Å². The highest BCUT2D eigenvalue weighted by atomic mass is 79.9. The van der Waals surface area contributed by atoms with Crippen molar-refractivity contribution in [3.8, 4) is 0 Å². The van der Waals surface area contributed by atoms with E-state index in [1.54, 1.807) is 0 Å². The van der Waals surface area contributed by atoms with Crippen molar-refractivity contribution < 1.29 is 0 Å². The van der Waals surface area contributed by atoms with Crippen LogP contribution in [-0.2, 0) is 0 Å². The molecule has 0 aliphatic carbocycles. The van der Waals surface area contributed by atoms with E-state index in [1.165, 1.54) is 38.5 Å². The Balaban J connectivity index is 0. The first kappa shape index (κ1) is 16.2. The van der Waals surface area contributed by atoms with Crippen molar-refractivity contribution in [1.29, 1.82) is 0 Å². The average Bonchev–Trinajstić information content (AvgIpc) is 2.06. The van der Waals surface area contributed by atoms with E-state index >= 15 is 0 Å². The summed E-state index contributed by atoms with van der Waals surface area (Å²) in [6.45, 7) is 6.05. The molecular formula is C9H19Br2Mg. The summed E-state index contributed by atoms with van der Waals surface area (Å²) in [6.07, 6.45) is 9.45. The predicted molar refractivity (Wildman–Crippen MR) is 67.0 cm³/mol. The molecule has 0 atom stereocenters. The molecule has 0 amide bonds. The Kier molecular flexibility index (Phi) is 24.9. The van der Waals surface area contributed by atoms with Crippen LogP contribution in [0.4, 0.5) is 0 Å². The Hall–Kier alpha value is 1.73. The second kappa shape index (κ2) is 18.5. The van der Waals surface area contributed by atoms with Gasteiger partial charge in [-0.3, -0.25) is 25.8 Å². The molecule has 0 saturated carbocycles. The van der Waals surface area contributed by atoms with Crippen LogP contribution in [0.15, 0.2) is 0 Å². The van der Waals surface area contributed by atoms with E-state index in [0.717, 1.165) is 6.42 Å². The van der Waals surface area contributed by atoms with Gasteiger partial charge in [-0.05, 0) is 0 Å². The molecular weight excluding hydrogens is 292 g/mol. The summed E-state index contributed by atoms with van der Waals surface area (Å²) in [5.74, 6) is 0. The zero-order chi connectivity index (χ0) is 9.66. The van der Waals surface area contributed by atoms with E-state index in [-0.39, 0.29) is 16.0 Å². The number of hydrogen-bond donors (Lipinski definition) is 0. The zero-order valence-corrected chi connectivity index (χ0v) is 12.7. The van der Waals surface area contributed by atoms with Crippen LogP contribution in [0.3, 0.4) is 0 Å². The molecule has 1 radical (unpaired) electrons. The Labute approximate surface area is 99.7 Å². The number of halogens is 2. The maximum absolute atomic E-state index is 3.80. The van der Waals surface area contributed by atoms with E-state index < -0.39 is 0 Å². The molecule has 0 fully saturated rings. The standard InChI is InChI=1S/C9H19.2BrH.Mg/c1-3-5-7-9-8-6-4-2;;;/h1,3-9H2,2H3;2*1H;/q;;;+2/p-2. The van der Waals surface area contributed by atoms with Gasteiger partial charge < -0.3 is 0 Å². The van der Waals surface area contributed by atoms with Crippen molar-refractivity contribution in [1.82, 2.24) is 0 Å². The third kappa shape index (κ3) is 22.6. The molecule has 0 aromatic heterocycles. The first-order valence-corrected chi connectivity index (χ1v) is 12.5. The Morgan fingerprint density at radius 2 is 1.42 bits per heavy atom. The largest absolute Gasteiger partial charge is 0.560 e. The lowest BCUT2D eigenvalue weighted by Crippen LogP contribution is -1.76. The first-order valence-electron chi connectivity index (χ1n) is 4.74. The monoisotopic (exact) mass is 309 g/mol. The highest BCUT2D eigenvalue weighted by Gasteiger charge is 1.85. The molecule has 0 aliphatic heterocycles. The summed E-state index contributed by atoms with van der Waals surface area (Å²) in [7, 11) is 0. The van der Waals surface area contributed by atoms with Crippen LogP contribution in [0.1, 0.15) is 51.9 Å². The second-order valence-corrected chi connectivity index (χ2v) is 10.8. The molecule has 12 heavy (non-hydrogen) atoms.